The predicted molar refractivity (Wildman–Crippen MR) is 68.4 cm³/mol. The predicted octanol–water partition coefficient (Wildman–Crippen LogP) is 2.91. The smallest absolute Gasteiger partial charge is 0.323 e. The molecule has 3 nitrogen and oxygen atoms in total. The summed E-state index contributed by atoms with van der Waals surface area (Å²) in [6.45, 7) is 6.26. The summed E-state index contributed by atoms with van der Waals surface area (Å²) in [7, 11) is 0. The Morgan fingerprint density at radius 1 is 1.29 bits per heavy atom. The normalized spacial score (nSPS) is 11.0. The highest BCUT2D eigenvalue weighted by atomic mass is 16.4. The van der Waals surface area contributed by atoms with Crippen molar-refractivity contribution in [3.63, 3.8) is 0 Å². The molecule has 1 heterocycles. The van der Waals surface area contributed by atoms with Crippen molar-refractivity contribution in [2.45, 2.75) is 33.7 Å². The van der Waals surface area contributed by atoms with E-state index in [0.29, 0.717) is 0 Å². The van der Waals surface area contributed by atoms with Gasteiger partial charge in [-0.25, -0.2) is 0 Å². The van der Waals surface area contributed by atoms with E-state index in [9.17, 15) is 4.79 Å². The lowest BCUT2D eigenvalue weighted by Crippen LogP contribution is -2.07. The molecule has 0 saturated heterocycles. The number of hydrogen-bond acceptors (Lipinski definition) is 1. The number of aromatic nitrogens is 1. The van der Waals surface area contributed by atoms with Crippen molar-refractivity contribution in [3.05, 3.63) is 35.0 Å². The van der Waals surface area contributed by atoms with Crippen molar-refractivity contribution in [1.29, 1.82) is 0 Å². The third-order valence-electron chi connectivity index (χ3n) is 3.27. The monoisotopic (exact) mass is 231 g/mol. The zero-order valence-corrected chi connectivity index (χ0v) is 10.4. The van der Waals surface area contributed by atoms with Crippen molar-refractivity contribution in [2.24, 2.45) is 0 Å². The molecule has 1 aromatic carbocycles. The van der Waals surface area contributed by atoms with Crippen LogP contribution >= 0.6 is 0 Å². The first kappa shape index (κ1) is 11.7. The van der Waals surface area contributed by atoms with Crippen LogP contribution in [0.2, 0.25) is 0 Å². The number of fused-ring (bicyclic) bond motifs is 1. The molecule has 0 aliphatic rings. The van der Waals surface area contributed by atoms with Gasteiger partial charge in [0.25, 0.3) is 0 Å². The topological polar surface area (TPSA) is 42.2 Å². The van der Waals surface area contributed by atoms with Gasteiger partial charge in [-0.15, -0.1) is 0 Å². The molecule has 1 aromatic heterocycles. The van der Waals surface area contributed by atoms with Crippen LogP contribution in [0.25, 0.3) is 10.9 Å². The minimum atomic E-state index is -0.803. The lowest BCUT2D eigenvalue weighted by atomic mass is 10.0. The minimum Gasteiger partial charge on any atom is -0.480 e. The fourth-order valence-corrected chi connectivity index (χ4v) is 2.18. The second kappa shape index (κ2) is 4.24. The second-order valence-corrected chi connectivity index (χ2v) is 4.48. The maximum Gasteiger partial charge on any atom is 0.323 e. The van der Waals surface area contributed by atoms with Gasteiger partial charge in [0.05, 0.1) is 0 Å². The Kier molecular flexibility index (Phi) is 2.92. The average Bonchev–Trinajstić information content (AvgIpc) is 2.57. The fraction of sp³-hybridized carbons (Fsp3) is 0.357. The highest BCUT2D eigenvalue weighted by Crippen LogP contribution is 2.25. The van der Waals surface area contributed by atoms with Gasteiger partial charge in [-0.05, 0) is 49.1 Å². The van der Waals surface area contributed by atoms with E-state index < -0.39 is 5.97 Å². The molecule has 0 spiro atoms. The molecule has 0 bridgehead atoms. The second-order valence-electron chi connectivity index (χ2n) is 4.48. The molecule has 0 fully saturated rings. The molecule has 0 aliphatic heterocycles. The molecule has 0 atom stereocenters. The fourth-order valence-electron chi connectivity index (χ4n) is 2.18. The molecule has 2 rings (SSSR count). The first-order valence-electron chi connectivity index (χ1n) is 5.83. The number of aryl methyl sites for hydroxylation is 3. The van der Waals surface area contributed by atoms with E-state index in [0.717, 1.165) is 11.9 Å². The Hall–Kier alpha value is -1.77. The Labute approximate surface area is 101 Å². The van der Waals surface area contributed by atoms with Crippen molar-refractivity contribution in [3.8, 4) is 0 Å². The van der Waals surface area contributed by atoms with Crippen molar-refractivity contribution >= 4 is 16.9 Å². The van der Waals surface area contributed by atoms with Gasteiger partial charge in [-0.3, -0.25) is 4.79 Å². The molecule has 17 heavy (non-hydrogen) atoms. The number of hydrogen-bond donors (Lipinski definition) is 1. The molecule has 0 amide bonds. The van der Waals surface area contributed by atoms with Crippen LogP contribution in [-0.2, 0) is 17.8 Å². The van der Waals surface area contributed by atoms with Crippen LogP contribution in [0.4, 0.5) is 0 Å². The van der Waals surface area contributed by atoms with E-state index in [-0.39, 0.29) is 6.54 Å². The van der Waals surface area contributed by atoms with E-state index in [4.69, 9.17) is 5.11 Å². The van der Waals surface area contributed by atoms with Crippen LogP contribution in [0.5, 0.6) is 0 Å². The standard InChI is InChI=1S/C14H17NO2/c1-4-11-7-15(8-14(16)17)13-6-10(3)9(2)5-12(11)13/h5-7H,4,8H2,1-3H3,(H,16,17). The number of carboxylic acids is 1. The molecule has 2 aromatic rings. The molecule has 0 radical (unpaired) electrons. The van der Waals surface area contributed by atoms with E-state index in [1.54, 1.807) is 0 Å². The summed E-state index contributed by atoms with van der Waals surface area (Å²) in [4.78, 5) is 10.8. The van der Waals surface area contributed by atoms with Crippen molar-refractivity contribution < 1.29 is 9.90 Å². The largest absolute Gasteiger partial charge is 0.480 e. The third kappa shape index (κ3) is 2.05. The van der Waals surface area contributed by atoms with E-state index in [1.807, 2.05) is 10.8 Å². The maximum atomic E-state index is 10.8. The quantitative estimate of drug-likeness (QED) is 0.882. The molecule has 3 heteroatoms. The summed E-state index contributed by atoms with van der Waals surface area (Å²) in [6, 6.07) is 4.23. The van der Waals surface area contributed by atoms with E-state index in [1.165, 1.54) is 22.1 Å². The molecule has 0 saturated carbocycles. The van der Waals surface area contributed by atoms with Crippen LogP contribution < -0.4 is 0 Å². The molecule has 1 N–H and O–H groups in total. The van der Waals surface area contributed by atoms with E-state index in [2.05, 4.69) is 32.9 Å². The molecule has 0 aliphatic carbocycles. The Bertz CT molecular complexity index is 581. The van der Waals surface area contributed by atoms with Gasteiger partial charge in [-0.1, -0.05) is 6.92 Å². The van der Waals surface area contributed by atoms with E-state index >= 15 is 0 Å². The molecular formula is C14H17NO2. The lowest BCUT2D eigenvalue weighted by Gasteiger charge is -2.04. The summed E-state index contributed by atoms with van der Waals surface area (Å²) >= 11 is 0. The van der Waals surface area contributed by atoms with Gasteiger partial charge in [0, 0.05) is 17.1 Å². The van der Waals surface area contributed by atoms with Gasteiger partial charge in [0.2, 0.25) is 0 Å². The van der Waals surface area contributed by atoms with Gasteiger partial charge in [-0.2, -0.15) is 0 Å². The minimum absolute atomic E-state index is 0.0268. The Morgan fingerprint density at radius 2 is 1.94 bits per heavy atom. The zero-order valence-electron chi connectivity index (χ0n) is 10.4. The van der Waals surface area contributed by atoms with Gasteiger partial charge < -0.3 is 9.67 Å². The van der Waals surface area contributed by atoms with Gasteiger partial charge in [0.15, 0.2) is 0 Å². The first-order chi connectivity index (χ1) is 8.02. The number of rotatable bonds is 3. The number of aliphatic carboxylic acids is 1. The van der Waals surface area contributed by atoms with Gasteiger partial charge >= 0.3 is 5.97 Å². The summed E-state index contributed by atoms with van der Waals surface area (Å²) in [5.74, 6) is -0.803. The molecular weight excluding hydrogens is 214 g/mol. The highest BCUT2D eigenvalue weighted by molar-refractivity contribution is 5.86. The van der Waals surface area contributed by atoms with Crippen LogP contribution in [0.3, 0.4) is 0 Å². The number of carbonyl (C=O) groups is 1. The van der Waals surface area contributed by atoms with Crippen LogP contribution in [0.1, 0.15) is 23.6 Å². The van der Waals surface area contributed by atoms with Crippen LogP contribution in [0, 0.1) is 13.8 Å². The maximum absolute atomic E-state index is 10.8. The molecule has 0 unspecified atom stereocenters. The summed E-state index contributed by atoms with van der Waals surface area (Å²) < 4.78 is 1.82. The van der Waals surface area contributed by atoms with Crippen LogP contribution in [0.15, 0.2) is 18.3 Å². The van der Waals surface area contributed by atoms with Crippen molar-refractivity contribution in [2.75, 3.05) is 0 Å². The Morgan fingerprint density at radius 3 is 2.53 bits per heavy atom. The summed E-state index contributed by atoms with van der Waals surface area (Å²) in [6.07, 6.45) is 2.88. The average molecular weight is 231 g/mol. The number of benzene rings is 1. The summed E-state index contributed by atoms with van der Waals surface area (Å²) in [5.41, 5.74) is 4.68. The lowest BCUT2D eigenvalue weighted by molar-refractivity contribution is -0.137. The SMILES string of the molecule is CCc1cn(CC(=O)O)c2cc(C)c(C)cc12. The first-order valence-corrected chi connectivity index (χ1v) is 5.83. The Balaban J connectivity index is 2.69. The number of nitrogens with zero attached hydrogens (tertiary/aromatic N) is 1. The molecule has 90 valence electrons. The number of carboxylic acid groups (broad SMARTS) is 1. The highest BCUT2D eigenvalue weighted by Gasteiger charge is 2.10. The van der Waals surface area contributed by atoms with Crippen molar-refractivity contribution in [1.82, 2.24) is 4.57 Å². The van der Waals surface area contributed by atoms with Gasteiger partial charge in [0.1, 0.15) is 6.54 Å². The van der Waals surface area contributed by atoms with Crippen LogP contribution in [-0.4, -0.2) is 15.6 Å². The summed E-state index contributed by atoms with van der Waals surface area (Å²) in [5, 5.41) is 10.1. The third-order valence-corrected chi connectivity index (χ3v) is 3.27. The zero-order chi connectivity index (χ0) is 12.6.